The number of nitro groups is 1. The molecule has 0 atom stereocenters. The van der Waals surface area contributed by atoms with Crippen LogP contribution in [0.1, 0.15) is 5.69 Å². The first-order valence-corrected chi connectivity index (χ1v) is 7.11. The second-order valence-corrected chi connectivity index (χ2v) is 4.92. The number of rotatable bonds is 5. The number of hydrogen-bond acceptors (Lipinski definition) is 4. The zero-order chi connectivity index (χ0) is 16.1. The number of nitro benzene ring substituents is 1. The quantitative estimate of drug-likeness (QED) is 0.522. The number of benzene rings is 2. The highest BCUT2D eigenvalue weighted by atomic mass is 16.6. The Morgan fingerprint density at radius 1 is 0.957 bits per heavy atom. The molecule has 114 valence electrons. The smallest absolute Gasteiger partial charge is 0.273 e. The van der Waals surface area contributed by atoms with Crippen molar-refractivity contribution in [3.63, 3.8) is 0 Å². The van der Waals surface area contributed by atoms with Crippen LogP contribution in [-0.4, -0.2) is 9.91 Å². The van der Waals surface area contributed by atoms with Gasteiger partial charge in [0.15, 0.2) is 0 Å². The molecular formula is C18H14N2O3. The fourth-order valence-electron chi connectivity index (χ4n) is 2.17. The number of ether oxygens (including phenoxy) is 1. The minimum absolute atomic E-state index is 0.00787. The van der Waals surface area contributed by atoms with Gasteiger partial charge in [-0.2, -0.15) is 0 Å². The molecule has 5 nitrogen and oxygen atoms in total. The molecule has 0 spiro atoms. The molecule has 23 heavy (non-hydrogen) atoms. The van der Waals surface area contributed by atoms with E-state index < -0.39 is 4.92 Å². The van der Waals surface area contributed by atoms with E-state index in [2.05, 4.69) is 4.98 Å². The van der Waals surface area contributed by atoms with Crippen molar-refractivity contribution in [2.45, 2.75) is 6.61 Å². The third kappa shape index (κ3) is 3.71. The Morgan fingerprint density at radius 3 is 2.52 bits per heavy atom. The van der Waals surface area contributed by atoms with Gasteiger partial charge in [-0.1, -0.05) is 42.5 Å². The number of non-ortho nitro benzene ring substituents is 1. The predicted octanol–water partition coefficient (Wildman–Crippen LogP) is 4.24. The average Bonchev–Trinajstić information content (AvgIpc) is 2.61. The average molecular weight is 306 g/mol. The third-order valence-corrected chi connectivity index (χ3v) is 3.29. The lowest BCUT2D eigenvalue weighted by Crippen LogP contribution is -1.99. The molecule has 0 radical (unpaired) electrons. The molecule has 0 amide bonds. The summed E-state index contributed by atoms with van der Waals surface area (Å²) >= 11 is 0. The molecule has 0 aliphatic rings. The maximum Gasteiger partial charge on any atom is 0.273 e. The Labute approximate surface area is 133 Å². The van der Waals surface area contributed by atoms with Crippen molar-refractivity contribution in [3.05, 3.63) is 88.6 Å². The number of nitrogens with zero attached hydrogens (tertiary/aromatic N) is 2. The summed E-state index contributed by atoms with van der Waals surface area (Å²) < 4.78 is 5.61. The van der Waals surface area contributed by atoms with Crippen LogP contribution in [0.4, 0.5) is 5.69 Å². The summed E-state index contributed by atoms with van der Waals surface area (Å²) in [5.41, 5.74) is 2.67. The van der Waals surface area contributed by atoms with E-state index in [9.17, 15) is 10.1 Å². The Kier molecular flexibility index (Phi) is 4.29. The van der Waals surface area contributed by atoms with Gasteiger partial charge < -0.3 is 4.74 Å². The molecule has 0 saturated carbocycles. The molecular weight excluding hydrogens is 292 g/mol. The fourth-order valence-corrected chi connectivity index (χ4v) is 2.17. The molecule has 0 N–H and O–H groups in total. The van der Waals surface area contributed by atoms with Gasteiger partial charge in [0.25, 0.3) is 5.69 Å². The Balaban J connectivity index is 1.74. The van der Waals surface area contributed by atoms with Gasteiger partial charge in [-0.05, 0) is 18.2 Å². The highest BCUT2D eigenvalue weighted by Crippen LogP contribution is 2.21. The molecule has 1 heterocycles. The van der Waals surface area contributed by atoms with E-state index in [0.29, 0.717) is 5.75 Å². The van der Waals surface area contributed by atoms with E-state index >= 15 is 0 Å². The lowest BCUT2D eigenvalue weighted by atomic mass is 10.1. The monoisotopic (exact) mass is 306 g/mol. The van der Waals surface area contributed by atoms with E-state index in [1.807, 2.05) is 48.5 Å². The number of pyridine rings is 1. The molecule has 5 heteroatoms. The van der Waals surface area contributed by atoms with Crippen molar-refractivity contribution < 1.29 is 9.66 Å². The summed E-state index contributed by atoms with van der Waals surface area (Å²) in [6, 6.07) is 21.7. The highest BCUT2D eigenvalue weighted by Gasteiger charge is 2.07. The lowest BCUT2D eigenvalue weighted by Gasteiger charge is -2.07. The lowest BCUT2D eigenvalue weighted by molar-refractivity contribution is -0.384. The fraction of sp³-hybridized carbons (Fsp3) is 0.0556. The molecule has 0 aliphatic heterocycles. The van der Waals surface area contributed by atoms with Gasteiger partial charge in [-0.25, -0.2) is 4.98 Å². The van der Waals surface area contributed by atoms with E-state index in [4.69, 9.17) is 4.74 Å². The molecule has 3 aromatic rings. The van der Waals surface area contributed by atoms with Crippen LogP contribution >= 0.6 is 0 Å². The van der Waals surface area contributed by atoms with Gasteiger partial charge in [-0.3, -0.25) is 10.1 Å². The van der Waals surface area contributed by atoms with Crippen molar-refractivity contribution in [2.75, 3.05) is 0 Å². The maximum atomic E-state index is 10.8. The largest absolute Gasteiger partial charge is 0.487 e. The van der Waals surface area contributed by atoms with Crippen LogP contribution < -0.4 is 4.74 Å². The molecule has 0 aliphatic carbocycles. The van der Waals surface area contributed by atoms with Crippen LogP contribution in [0.15, 0.2) is 72.8 Å². The predicted molar refractivity (Wildman–Crippen MR) is 87.1 cm³/mol. The number of hydrogen-bond donors (Lipinski definition) is 0. The highest BCUT2D eigenvalue weighted by molar-refractivity contribution is 5.58. The molecule has 3 rings (SSSR count). The molecule has 0 saturated heterocycles. The zero-order valence-electron chi connectivity index (χ0n) is 12.3. The number of aromatic nitrogens is 1. The minimum Gasteiger partial charge on any atom is -0.487 e. The summed E-state index contributed by atoms with van der Waals surface area (Å²) in [5, 5.41) is 10.8. The topological polar surface area (TPSA) is 65.3 Å². The summed E-state index contributed by atoms with van der Waals surface area (Å²) in [7, 11) is 0. The van der Waals surface area contributed by atoms with Gasteiger partial charge in [0.2, 0.25) is 0 Å². The molecule has 0 fully saturated rings. The third-order valence-electron chi connectivity index (χ3n) is 3.29. The van der Waals surface area contributed by atoms with Crippen molar-refractivity contribution in [3.8, 4) is 17.0 Å². The van der Waals surface area contributed by atoms with Gasteiger partial charge in [0.05, 0.1) is 22.4 Å². The first kappa shape index (κ1) is 14.7. The van der Waals surface area contributed by atoms with Gasteiger partial charge in [0.1, 0.15) is 12.4 Å². The van der Waals surface area contributed by atoms with E-state index in [0.717, 1.165) is 17.0 Å². The summed E-state index contributed by atoms with van der Waals surface area (Å²) in [6.07, 6.45) is 0. The van der Waals surface area contributed by atoms with Crippen LogP contribution in [0, 0.1) is 10.1 Å². The zero-order valence-corrected chi connectivity index (χ0v) is 12.3. The first-order chi connectivity index (χ1) is 11.2. The van der Waals surface area contributed by atoms with Crippen LogP contribution in [0.3, 0.4) is 0 Å². The summed E-state index contributed by atoms with van der Waals surface area (Å²) in [4.78, 5) is 14.9. The minimum atomic E-state index is -0.443. The second kappa shape index (κ2) is 6.70. The van der Waals surface area contributed by atoms with E-state index in [-0.39, 0.29) is 12.3 Å². The summed E-state index contributed by atoms with van der Waals surface area (Å²) in [6.45, 7) is 0.252. The van der Waals surface area contributed by atoms with Crippen LogP contribution in [-0.2, 0) is 6.61 Å². The SMILES string of the molecule is O=[N+]([O-])c1cccc(OCc2cccc(-c3ccccc3)n2)c1. The normalized spacial score (nSPS) is 10.3. The van der Waals surface area contributed by atoms with Crippen molar-refractivity contribution in [1.29, 1.82) is 0 Å². The molecule has 0 unspecified atom stereocenters. The van der Waals surface area contributed by atoms with Gasteiger partial charge >= 0.3 is 0 Å². The summed E-state index contributed by atoms with van der Waals surface area (Å²) in [5.74, 6) is 0.450. The van der Waals surface area contributed by atoms with Crippen LogP contribution in [0.25, 0.3) is 11.3 Å². The van der Waals surface area contributed by atoms with E-state index in [1.165, 1.54) is 12.1 Å². The van der Waals surface area contributed by atoms with Crippen LogP contribution in [0.5, 0.6) is 5.75 Å². The Hall–Kier alpha value is -3.21. The van der Waals surface area contributed by atoms with E-state index in [1.54, 1.807) is 12.1 Å². The first-order valence-electron chi connectivity index (χ1n) is 7.11. The Morgan fingerprint density at radius 2 is 1.74 bits per heavy atom. The Bertz CT molecular complexity index is 819. The van der Waals surface area contributed by atoms with Gasteiger partial charge in [-0.15, -0.1) is 0 Å². The maximum absolute atomic E-state index is 10.8. The van der Waals surface area contributed by atoms with Crippen LogP contribution in [0.2, 0.25) is 0 Å². The van der Waals surface area contributed by atoms with Crippen molar-refractivity contribution in [1.82, 2.24) is 4.98 Å². The second-order valence-electron chi connectivity index (χ2n) is 4.92. The standard InChI is InChI=1S/C18H14N2O3/c21-20(22)16-9-5-10-17(12-16)23-13-15-8-4-11-18(19-15)14-6-2-1-3-7-14/h1-12H,13H2. The van der Waals surface area contributed by atoms with Crippen molar-refractivity contribution in [2.24, 2.45) is 0 Å². The van der Waals surface area contributed by atoms with Gasteiger partial charge in [0, 0.05) is 11.6 Å². The van der Waals surface area contributed by atoms with Crippen molar-refractivity contribution >= 4 is 5.69 Å². The molecule has 1 aromatic heterocycles. The molecule has 0 bridgehead atoms. The molecule has 2 aromatic carbocycles.